The van der Waals surface area contributed by atoms with E-state index in [1.165, 1.54) is 41.5 Å². The van der Waals surface area contributed by atoms with Crippen LogP contribution in [0.5, 0.6) is 0 Å². The van der Waals surface area contributed by atoms with E-state index in [1.54, 1.807) is 0 Å². The zero-order valence-electron chi connectivity index (χ0n) is 11.2. The van der Waals surface area contributed by atoms with Crippen LogP contribution in [0.1, 0.15) is 25.3 Å². The van der Waals surface area contributed by atoms with Gasteiger partial charge in [0.2, 0.25) is 0 Å². The van der Waals surface area contributed by atoms with Crippen molar-refractivity contribution in [2.45, 2.75) is 19.8 Å². The van der Waals surface area contributed by atoms with Crippen LogP contribution >= 0.6 is 15.9 Å². The van der Waals surface area contributed by atoms with Gasteiger partial charge >= 0.3 is 0 Å². The van der Waals surface area contributed by atoms with Crippen LogP contribution in [-0.4, -0.2) is 29.5 Å². The number of fused-ring (bicyclic) bond motifs is 1. The number of H-pyrrole nitrogens is 1. The van der Waals surface area contributed by atoms with Gasteiger partial charge in [0.15, 0.2) is 0 Å². The molecular weight excluding hydrogens is 300 g/mol. The van der Waals surface area contributed by atoms with Gasteiger partial charge in [-0.05, 0) is 43.2 Å². The van der Waals surface area contributed by atoms with E-state index >= 15 is 0 Å². The molecule has 0 saturated carbocycles. The molecule has 1 N–H and O–H groups in total. The Morgan fingerprint density at radius 2 is 2.26 bits per heavy atom. The van der Waals surface area contributed by atoms with Gasteiger partial charge < -0.3 is 4.98 Å². The molecule has 0 unspecified atom stereocenters. The second kappa shape index (κ2) is 5.51. The van der Waals surface area contributed by atoms with Gasteiger partial charge in [0.25, 0.3) is 0 Å². The molecule has 0 spiro atoms. The normalized spacial score (nSPS) is 16.8. The maximum Gasteiger partial charge on any atom is 0.0461 e. The van der Waals surface area contributed by atoms with Crippen LogP contribution in [-0.2, 0) is 0 Å². The molecule has 1 aromatic carbocycles. The van der Waals surface area contributed by atoms with Crippen molar-refractivity contribution in [2.24, 2.45) is 0 Å². The number of aromatic amines is 1. The van der Waals surface area contributed by atoms with Gasteiger partial charge in [-0.1, -0.05) is 28.9 Å². The lowest BCUT2D eigenvalue weighted by Crippen LogP contribution is -2.30. The van der Waals surface area contributed by atoms with E-state index in [2.05, 4.69) is 63.2 Å². The monoisotopic (exact) mass is 318 g/mol. The summed E-state index contributed by atoms with van der Waals surface area (Å²) in [5.41, 5.74) is 4.04. The highest BCUT2D eigenvalue weighted by molar-refractivity contribution is 9.10. The summed E-state index contributed by atoms with van der Waals surface area (Å²) in [5.74, 6) is 0. The molecule has 0 saturated heterocycles. The Labute approximate surface area is 122 Å². The molecule has 2 heterocycles. The molecule has 3 heteroatoms. The largest absolute Gasteiger partial charge is 0.361 e. The van der Waals surface area contributed by atoms with Gasteiger partial charge in [0.05, 0.1) is 0 Å². The molecular formula is C16H19BrN2. The lowest BCUT2D eigenvalue weighted by molar-refractivity contribution is 0.305. The average Bonchev–Trinajstić information content (AvgIpc) is 2.82. The molecule has 1 aromatic heterocycles. The van der Waals surface area contributed by atoms with Crippen molar-refractivity contribution < 1.29 is 0 Å². The van der Waals surface area contributed by atoms with Gasteiger partial charge in [-0.3, -0.25) is 4.90 Å². The summed E-state index contributed by atoms with van der Waals surface area (Å²) in [7, 11) is 0. The summed E-state index contributed by atoms with van der Waals surface area (Å²) >= 11 is 3.57. The fourth-order valence-electron chi connectivity index (χ4n) is 2.87. The van der Waals surface area contributed by atoms with Crippen LogP contribution in [0.15, 0.2) is 34.9 Å². The van der Waals surface area contributed by atoms with E-state index < -0.39 is 0 Å². The Bertz CT molecular complexity index is 612. The van der Waals surface area contributed by atoms with E-state index in [9.17, 15) is 0 Å². The minimum Gasteiger partial charge on any atom is -0.361 e. The summed E-state index contributed by atoms with van der Waals surface area (Å²) in [6, 6.07) is 6.43. The van der Waals surface area contributed by atoms with Crippen molar-refractivity contribution in [3.8, 4) is 0 Å². The van der Waals surface area contributed by atoms with Crippen LogP contribution in [0.3, 0.4) is 0 Å². The van der Waals surface area contributed by atoms with E-state index in [4.69, 9.17) is 0 Å². The number of halogens is 1. The van der Waals surface area contributed by atoms with Crippen molar-refractivity contribution in [3.05, 3.63) is 40.5 Å². The minimum absolute atomic E-state index is 1.08. The topological polar surface area (TPSA) is 19.0 Å². The zero-order chi connectivity index (χ0) is 13.2. The fraction of sp³-hybridized carbons (Fsp3) is 0.375. The molecule has 3 rings (SSSR count). The average molecular weight is 319 g/mol. The molecule has 0 fully saturated rings. The fourth-order valence-corrected chi connectivity index (χ4v) is 3.23. The molecule has 2 aromatic rings. The molecule has 0 radical (unpaired) electrons. The molecule has 0 atom stereocenters. The summed E-state index contributed by atoms with van der Waals surface area (Å²) in [5, 5.41) is 1.32. The maximum atomic E-state index is 3.57. The Kier molecular flexibility index (Phi) is 3.76. The second-order valence-electron chi connectivity index (χ2n) is 5.19. The van der Waals surface area contributed by atoms with E-state index in [1.807, 2.05) is 0 Å². The predicted molar refractivity (Wildman–Crippen MR) is 85.3 cm³/mol. The molecule has 0 aliphatic carbocycles. The van der Waals surface area contributed by atoms with Gasteiger partial charge in [0.1, 0.15) is 0 Å². The Hall–Kier alpha value is -1.06. The second-order valence-corrected chi connectivity index (χ2v) is 6.10. The molecule has 19 heavy (non-hydrogen) atoms. The van der Waals surface area contributed by atoms with Crippen molar-refractivity contribution in [2.75, 3.05) is 19.6 Å². The van der Waals surface area contributed by atoms with Gasteiger partial charge in [-0.15, -0.1) is 0 Å². The van der Waals surface area contributed by atoms with Crippen LogP contribution in [0, 0.1) is 0 Å². The maximum absolute atomic E-state index is 3.57. The van der Waals surface area contributed by atoms with Crippen LogP contribution < -0.4 is 0 Å². The van der Waals surface area contributed by atoms with E-state index in [0.29, 0.717) is 0 Å². The Morgan fingerprint density at radius 1 is 1.37 bits per heavy atom. The first-order valence-electron chi connectivity index (χ1n) is 6.96. The number of nitrogens with zero attached hydrogens (tertiary/aromatic N) is 1. The number of benzene rings is 1. The number of rotatable bonds is 3. The number of aromatic nitrogens is 1. The van der Waals surface area contributed by atoms with Gasteiger partial charge in [0, 0.05) is 40.2 Å². The number of hydrogen-bond acceptors (Lipinski definition) is 1. The zero-order valence-corrected chi connectivity index (χ0v) is 12.8. The summed E-state index contributed by atoms with van der Waals surface area (Å²) in [6.45, 7) is 5.72. The first-order chi connectivity index (χ1) is 9.28. The van der Waals surface area contributed by atoms with Gasteiger partial charge in [-0.25, -0.2) is 0 Å². The van der Waals surface area contributed by atoms with Crippen LogP contribution in [0.25, 0.3) is 16.5 Å². The highest BCUT2D eigenvalue weighted by Crippen LogP contribution is 2.30. The Balaban J connectivity index is 1.95. The molecule has 0 bridgehead atoms. The quantitative estimate of drug-likeness (QED) is 0.887. The Morgan fingerprint density at radius 3 is 3.11 bits per heavy atom. The third kappa shape index (κ3) is 2.63. The summed E-state index contributed by atoms with van der Waals surface area (Å²) in [6.07, 6.45) is 6.94. The third-order valence-corrected chi connectivity index (χ3v) is 4.25. The molecule has 2 nitrogen and oxygen atoms in total. The first kappa shape index (κ1) is 12.9. The van der Waals surface area contributed by atoms with E-state index in [0.717, 1.165) is 17.4 Å². The minimum atomic E-state index is 1.08. The standard InChI is InChI=1S/C16H19BrN2/c1-2-7-19-8-3-4-12(11-19)15-10-18-16-6-5-13(17)9-14(15)16/h4-6,9-10,18H,2-3,7-8,11H2,1H3. The summed E-state index contributed by atoms with van der Waals surface area (Å²) in [4.78, 5) is 5.93. The van der Waals surface area contributed by atoms with E-state index in [-0.39, 0.29) is 0 Å². The molecule has 1 aliphatic heterocycles. The van der Waals surface area contributed by atoms with Crippen molar-refractivity contribution in [3.63, 3.8) is 0 Å². The lowest BCUT2D eigenvalue weighted by Gasteiger charge is -2.26. The van der Waals surface area contributed by atoms with Crippen molar-refractivity contribution in [1.82, 2.24) is 9.88 Å². The highest BCUT2D eigenvalue weighted by atomic mass is 79.9. The molecule has 100 valence electrons. The SMILES string of the molecule is CCCN1CCC=C(c2c[nH]c3ccc(Br)cc23)C1. The smallest absolute Gasteiger partial charge is 0.0461 e. The van der Waals surface area contributed by atoms with Crippen LogP contribution in [0.4, 0.5) is 0 Å². The molecule has 1 aliphatic rings. The van der Waals surface area contributed by atoms with Crippen LogP contribution in [0.2, 0.25) is 0 Å². The van der Waals surface area contributed by atoms with Crippen molar-refractivity contribution >= 4 is 32.4 Å². The van der Waals surface area contributed by atoms with Gasteiger partial charge in [-0.2, -0.15) is 0 Å². The first-order valence-corrected chi connectivity index (χ1v) is 7.75. The number of hydrogen-bond donors (Lipinski definition) is 1. The third-order valence-electron chi connectivity index (χ3n) is 3.76. The highest BCUT2D eigenvalue weighted by Gasteiger charge is 2.15. The predicted octanol–water partition coefficient (Wildman–Crippen LogP) is 4.43. The van der Waals surface area contributed by atoms with Crippen molar-refractivity contribution in [1.29, 1.82) is 0 Å². The number of nitrogens with one attached hydrogen (secondary N) is 1. The molecule has 0 amide bonds. The summed E-state index contributed by atoms with van der Waals surface area (Å²) < 4.78 is 1.14. The lowest BCUT2D eigenvalue weighted by atomic mass is 10.0.